The normalized spacial score (nSPS) is 14.0. The average Bonchev–Trinajstić information content (AvgIpc) is 2.80. The second kappa shape index (κ2) is 5.10. The third-order valence-corrected chi connectivity index (χ3v) is 3.03. The van der Waals surface area contributed by atoms with Gasteiger partial charge in [0, 0.05) is 36.3 Å². The summed E-state index contributed by atoms with van der Waals surface area (Å²) >= 11 is 0. The molecule has 1 aromatic carbocycles. The Morgan fingerprint density at radius 2 is 2.28 bits per heavy atom. The summed E-state index contributed by atoms with van der Waals surface area (Å²) in [5, 5.41) is 12.7. The largest absolute Gasteiger partial charge is 0.409 e. The SMILES string of the molecule is COC(C)Cn1ccc2cc(/C(N)=N/O)ccc21. The van der Waals surface area contributed by atoms with Crippen molar-refractivity contribution < 1.29 is 9.94 Å². The average molecular weight is 247 g/mol. The van der Waals surface area contributed by atoms with Gasteiger partial charge >= 0.3 is 0 Å². The molecule has 1 heterocycles. The highest BCUT2D eigenvalue weighted by atomic mass is 16.5. The first-order valence-electron chi connectivity index (χ1n) is 5.75. The second-order valence-corrected chi connectivity index (χ2v) is 4.27. The van der Waals surface area contributed by atoms with Crippen molar-refractivity contribution in [2.45, 2.75) is 19.6 Å². The lowest BCUT2D eigenvalue weighted by atomic mass is 10.1. The molecule has 0 amide bonds. The lowest BCUT2D eigenvalue weighted by Crippen LogP contribution is -2.14. The number of amidine groups is 1. The molecule has 2 rings (SSSR count). The van der Waals surface area contributed by atoms with Gasteiger partial charge < -0.3 is 20.2 Å². The summed E-state index contributed by atoms with van der Waals surface area (Å²) in [6, 6.07) is 7.71. The third kappa shape index (κ3) is 2.31. The molecule has 1 aromatic heterocycles. The van der Waals surface area contributed by atoms with Gasteiger partial charge in [-0.15, -0.1) is 0 Å². The van der Waals surface area contributed by atoms with Crippen molar-refractivity contribution in [3.05, 3.63) is 36.0 Å². The summed E-state index contributed by atoms with van der Waals surface area (Å²) in [4.78, 5) is 0. The summed E-state index contributed by atoms with van der Waals surface area (Å²) in [6.07, 6.45) is 2.17. The Balaban J connectivity index is 2.37. The van der Waals surface area contributed by atoms with Crippen LogP contribution in [0.1, 0.15) is 12.5 Å². The maximum Gasteiger partial charge on any atom is 0.170 e. The number of nitrogens with two attached hydrogens (primary N) is 1. The van der Waals surface area contributed by atoms with Gasteiger partial charge in [-0.3, -0.25) is 0 Å². The van der Waals surface area contributed by atoms with Crippen molar-refractivity contribution in [3.8, 4) is 0 Å². The van der Waals surface area contributed by atoms with Gasteiger partial charge in [-0.25, -0.2) is 0 Å². The van der Waals surface area contributed by atoms with Gasteiger partial charge in [0.2, 0.25) is 0 Å². The van der Waals surface area contributed by atoms with E-state index < -0.39 is 0 Å². The van der Waals surface area contributed by atoms with E-state index in [1.54, 1.807) is 7.11 Å². The van der Waals surface area contributed by atoms with Gasteiger partial charge in [0.05, 0.1) is 6.10 Å². The van der Waals surface area contributed by atoms with Crippen molar-refractivity contribution in [1.29, 1.82) is 0 Å². The van der Waals surface area contributed by atoms with E-state index in [9.17, 15) is 0 Å². The predicted molar refractivity (Wildman–Crippen MR) is 70.9 cm³/mol. The number of benzene rings is 1. The minimum absolute atomic E-state index is 0.120. The first kappa shape index (κ1) is 12.4. The number of methoxy groups -OCH3 is 1. The summed E-state index contributed by atoms with van der Waals surface area (Å²) in [5.41, 5.74) is 7.38. The van der Waals surface area contributed by atoms with E-state index in [0.717, 1.165) is 17.4 Å². The number of oxime groups is 1. The molecule has 0 aliphatic heterocycles. The molecule has 3 N–H and O–H groups in total. The summed E-state index contributed by atoms with van der Waals surface area (Å²) in [7, 11) is 1.70. The molecule has 0 spiro atoms. The Labute approximate surface area is 105 Å². The van der Waals surface area contributed by atoms with Gasteiger partial charge in [0.1, 0.15) is 0 Å². The van der Waals surface area contributed by atoms with E-state index in [1.165, 1.54) is 0 Å². The van der Waals surface area contributed by atoms with E-state index >= 15 is 0 Å². The van der Waals surface area contributed by atoms with E-state index in [1.807, 2.05) is 37.4 Å². The summed E-state index contributed by atoms with van der Waals surface area (Å²) in [5.74, 6) is 0.120. The highest BCUT2D eigenvalue weighted by Crippen LogP contribution is 2.18. The smallest absolute Gasteiger partial charge is 0.170 e. The van der Waals surface area contributed by atoms with Gasteiger partial charge in [-0.2, -0.15) is 0 Å². The van der Waals surface area contributed by atoms with Crippen LogP contribution < -0.4 is 5.73 Å². The monoisotopic (exact) mass is 247 g/mol. The van der Waals surface area contributed by atoms with Crippen LogP contribution in [-0.4, -0.2) is 28.8 Å². The molecule has 0 fully saturated rings. The topological polar surface area (TPSA) is 72.8 Å². The van der Waals surface area contributed by atoms with E-state index in [0.29, 0.717) is 5.56 Å². The summed E-state index contributed by atoms with van der Waals surface area (Å²) < 4.78 is 7.38. The van der Waals surface area contributed by atoms with Crippen LogP contribution in [0.25, 0.3) is 10.9 Å². The molecule has 18 heavy (non-hydrogen) atoms. The predicted octanol–water partition coefficient (Wildman–Crippen LogP) is 1.77. The molecule has 1 atom stereocenters. The van der Waals surface area contributed by atoms with Crippen LogP contribution in [0.4, 0.5) is 0 Å². The second-order valence-electron chi connectivity index (χ2n) is 4.27. The maximum atomic E-state index is 8.66. The molecule has 5 nitrogen and oxygen atoms in total. The quantitative estimate of drug-likeness (QED) is 0.374. The molecule has 0 radical (unpaired) electrons. The number of hydrogen-bond donors (Lipinski definition) is 2. The molecule has 0 bridgehead atoms. The maximum absolute atomic E-state index is 8.66. The number of hydrogen-bond acceptors (Lipinski definition) is 3. The zero-order valence-corrected chi connectivity index (χ0v) is 10.5. The Bertz CT molecular complexity index is 575. The van der Waals surface area contributed by atoms with Crippen molar-refractivity contribution in [2.75, 3.05) is 7.11 Å². The van der Waals surface area contributed by atoms with Crippen LogP contribution >= 0.6 is 0 Å². The van der Waals surface area contributed by atoms with E-state index in [2.05, 4.69) is 9.72 Å². The van der Waals surface area contributed by atoms with Crippen molar-refractivity contribution in [3.63, 3.8) is 0 Å². The van der Waals surface area contributed by atoms with E-state index in [4.69, 9.17) is 15.7 Å². The molecule has 0 saturated heterocycles. The fourth-order valence-electron chi connectivity index (χ4n) is 1.93. The molecular weight excluding hydrogens is 230 g/mol. The fourth-order valence-corrected chi connectivity index (χ4v) is 1.93. The molecule has 5 heteroatoms. The number of aromatic nitrogens is 1. The zero-order chi connectivity index (χ0) is 13.1. The Kier molecular flexibility index (Phi) is 3.53. The molecule has 2 aromatic rings. The van der Waals surface area contributed by atoms with Crippen LogP contribution in [0.15, 0.2) is 35.6 Å². The third-order valence-electron chi connectivity index (χ3n) is 3.03. The Hall–Kier alpha value is -2.01. The van der Waals surface area contributed by atoms with Crippen molar-refractivity contribution in [1.82, 2.24) is 4.57 Å². The van der Waals surface area contributed by atoms with Crippen molar-refractivity contribution in [2.24, 2.45) is 10.9 Å². The molecule has 96 valence electrons. The molecule has 0 saturated carbocycles. The number of fused-ring (bicyclic) bond motifs is 1. The molecule has 0 aliphatic rings. The number of rotatable bonds is 4. The lowest BCUT2D eigenvalue weighted by Gasteiger charge is -2.11. The van der Waals surface area contributed by atoms with Gasteiger partial charge in [-0.1, -0.05) is 5.16 Å². The standard InChI is InChI=1S/C13H17N3O2/c1-9(18-2)8-16-6-5-10-7-11(13(14)15-17)3-4-12(10)16/h3-7,9,17H,8H2,1-2H3,(H2,14,15). The van der Waals surface area contributed by atoms with Crippen LogP contribution in [0.2, 0.25) is 0 Å². The first-order valence-corrected chi connectivity index (χ1v) is 5.75. The zero-order valence-electron chi connectivity index (χ0n) is 10.5. The van der Waals surface area contributed by atoms with Gasteiger partial charge in [0.25, 0.3) is 0 Å². The highest BCUT2D eigenvalue weighted by Gasteiger charge is 2.07. The Morgan fingerprint density at radius 1 is 1.50 bits per heavy atom. The Morgan fingerprint density at radius 3 is 2.94 bits per heavy atom. The van der Waals surface area contributed by atoms with Crippen molar-refractivity contribution >= 4 is 16.7 Å². The molecule has 1 unspecified atom stereocenters. The first-order chi connectivity index (χ1) is 8.65. The summed E-state index contributed by atoms with van der Waals surface area (Å²) in [6.45, 7) is 2.82. The lowest BCUT2D eigenvalue weighted by molar-refractivity contribution is 0.104. The highest BCUT2D eigenvalue weighted by molar-refractivity contribution is 6.00. The molecule has 0 aliphatic carbocycles. The minimum atomic E-state index is 0.120. The van der Waals surface area contributed by atoms with Crippen LogP contribution in [0.3, 0.4) is 0 Å². The van der Waals surface area contributed by atoms with Gasteiger partial charge in [-0.05, 0) is 31.2 Å². The fraction of sp³-hybridized carbons (Fsp3) is 0.308. The number of nitrogens with zero attached hydrogens (tertiary/aromatic N) is 2. The molecular formula is C13H17N3O2. The van der Waals surface area contributed by atoms with Crippen LogP contribution in [0, 0.1) is 0 Å². The van der Waals surface area contributed by atoms with E-state index in [-0.39, 0.29) is 11.9 Å². The van der Waals surface area contributed by atoms with Crippen LogP contribution in [0.5, 0.6) is 0 Å². The van der Waals surface area contributed by atoms with Crippen LogP contribution in [-0.2, 0) is 11.3 Å². The van der Waals surface area contributed by atoms with Gasteiger partial charge in [0.15, 0.2) is 5.84 Å². The number of ether oxygens (including phenoxy) is 1. The minimum Gasteiger partial charge on any atom is -0.409 e.